The van der Waals surface area contributed by atoms with Gasteiger partial charge in [0.1, 0.15) is 5.65 Å². The minimum Gasteiger partial charge on any atom is -0.478 e. The van der Waals surface area contributed by atoms with Crippen molar-refractivity contribution in [3.63, 3.8) is 0 Å². The Labute approximate surface area is 117 Å². The smallest absolute Gasteiger partial charge is 0.335 e. The van der Waals surface area contributed by atoms with Crippen LogP contribution in [0.1, 0.15) is 10.4 Å². The molecule has 0 saturated carbocycles. The SMILES string of the molecule is O=C(O)c1ccc(-c2c[nH]c3ncc(Br)cc23)cc1. The third-order valence-corrected chi connectivity index (χ3v) is 3.37. The van der Waals surface area contributed by atoms with E-state index < -0.39 is 5.97 Å². The van der Waals surface area contributed by atoms with Crippen molar-refractivity contribution in [1.82, 2.24) is 9.97 Å². The molecule has 0 aliphatic carbocycles. The number of hydrogen-bond acceptors (Lipinski definition) is 2. The molecular formula is C14H9BrN2O2. The lowest BCUT2D eigenvalue weighted by atomic mass is 10.0. The second kappa shape index (κ2) is 4.51. The lowest BCUT2D eigenvalue weighted by molar-refractivity contribution is 0.0697. The average molecular weight is 317 g/mol. The Kier molecular flexibility index (Phi) is 2.83. The molecule has 5 heteroatoms. The predicted octanol–water partition coefficient (Wildman–Crippen LogP) is 3.69. The maximum Gasteiger partial charge on any atom is 0.335 e. The third-order valence-electron chi connectivity index (χ3n) is 2.94. The van der Waals surface area contributed by atoms with E-state index in [9.17, 15) is 4.79 Å². The van der Waals surface area contributed by atoms with Crippen LogP contribution in [0.25, 0.3) is 22.2 Å². The first-order valence-corrected chi connectivity index (χ1v) is 6.41. The number of H-pyrrole nitrogens is 1. The molecule has 0 fully saturated rings. The van der Waals surface area contributed by atoms with E-state index in [1.54, 1.807) is 30.5 Å². The molecule has 0 spiro atoms. The van der Waals surface area contributed by atoms with E-state index in [-0.39, 0.29) is 5.56 Å². The minimum atomic E-state index is -0.921. The van der Waals surface area contributed by atoms with E-state index in [1.807, 2.05) is 12.3 Å². The summed E-state index contributed by atoms with van der Waals surface area (Å²) < 4.78 is 0.906. The number of aromatic nitrogens is 2. The Morgan fingerprint density at radius 3 is 2.68 bits per heavy atom. The van der Waals surface area contributed by atoms with Gasteiger partial charge in [0.15, 0.2) is 0 Å². The number of nitrogens with one attached hydrogen (secondary N) is 1. The van der Waals surface area contributed by atoms with Gasteiger partial charge in [0, 0.05) is 27.8 Å². The van der Waals surface area contributed by atoms with Gasteiger partial charge in [-0.05, 0) is 39.7 Å². The number of benzene rings is 1. The van der Waals surface area contributed by atoms with Crippen LogP contribution >= 0.6 is 15.9 Å². The van der Waals surface area contributed by atoms with Crippen molar-refractivity contribution < 1.29 is 9.90 Å². The summed E-state index contributed by atoms with van der Waals surface area (Å²) in [5, 5.41) is 9.89. The van der Waals surface area contributed by atoms with Gasteiger partial charge in [-0.25, -0.2) is 9.78 Å². The normalized spacial score (nSPS) is 10.8. The van der Waals surface area contributed by atoms with Gasteiger partial charge in [-0.15, -0.1) is 0 Å². The lowest BCUT2D eigenvalue weighted by Crippen LogP contribution is -1.94. The Morgan fingerprint density at radius 2 is 2.00 bits per heavy atom. The maximum absolute atomic E-state index is 10.8. The zero-order chi connectivity index (χ0) is 13.4. The molecule has 2 N–H and O–H groups in total. The van der Waals surface area contributed by atoms with Crippen molar-refractivity contribution in [3.05, 3.63) is 52.8 Å². The lowest BCUT2D eigenvalue weighted by Gasteiger charge is -2.01. The second-order valence-corrected chi connectivity index (χ2v) is 5.05. The molecule has 19 heavy (non-hydrogen) atoms. The first-order chi connectivity index (χ1) is 9.15. The zero-order valence-electron chi connectivity index (χ0n) is 9.72. The van der Waals surface area contributed by atoms with Gasteiger partial charge in [0.2, 0.25) is 0 Å². The number of hydrogen-bond donors (Lipinski definition) is 2. The summed E-state index contributed by atoms with van der Waals surface area (Å²) in [7, 11) is 0. The van der Waals surface area contributed by atoms with Gasteiger partial charge >= 0.3 is 5.97 Å². The number of carboxylic acids is 1. The number of carboxylic acid groups (broad SMARTS) is 1. The monoisotopic (exact) mass is 316 g/mol. The van der Waals surface area contributed by atoms with Crippen LogP contribution in [0.4, 0.5) is 0 Å². The van der Waals surface area contributed by atoms with Crippen molar-refractivity contribution in [2.75, 3.05) is 0 Å². The minimum absolute atomic E-state index is 0.280. The van der Waals surface area contributed by atoms with E-state index in [0.29, 0.717) is 0 Å². The van der Waals surface area contributed by atoms with Crippen LogP contribution in [0, 0.1) is 0 Å². The van der Waals surface area contributed by atoms with Crippen LogP contribution in [0.15, 0.2) is 47.2 Å². The number of pyridine rings is 1. The number of carbonyl (C=O) groups is 1. The van der Waals surface area contributed by atoms with E-state index in [1.165, 1.54) is 0 Å². The molecule has 3 aromatic rings. The van der Waals surface area contributed by atoms with E-state index >= 15 is 0 Å². The van der Waals surface area contributed by atoms with Gasteiger partial charge in [-0.1, -0.05) is 12.1 Å². The number of rotatable bonds is 2. The summed E-state index contributed by atoms with van der Waals surface area (Å²) in [6, 6.07) is 8.78. The zero-order valence-corrected chi connectivity index (χ0v) is 11.3. The number of halogens is 1. The molecule has 94 valence electrons. The molecule has 0 bridgehead atoms. The van der Waals surface area contributed by atoms with Crippen molar-refractivity contribution in [2.24, 2.45) is 0 Å². The van der Waals surface area contributed by atoms with Crippen LogP contribution in [-0.4, -0.2) is 21.0 Å². The fourth-order valence-corrected chi connectivity index (χ4v) is 2.34. The summed E-state index contributed by atoms with van der Waals surface area (Å²) in [6.45, 7) is 0. The maximum atomic E-state index is 10.8. The summed E-state index contributed by atoms with van der Waals surface area (Å²) in [4.78, 5) is 18.2. The Hall–Kier alpha value is -2.14. The van der Waals surface area contributed by atoms with E-state index in [2.05, 4.69) is 25.9 Å². The summed E-state index contributed by atoms with van der Waals surface area (Å²) in [6.07, 6.45) is 3.61. The average Bonchev–Trinajstić information content (AvgIpc) is 2.81. The molecule has 1 aromatic carbocycles. The Balaban J connectivity index is 2.13. The molecule has 2 heterocycles. The van der Waals surface area contributed by atoms with Crippen molar-refractivity contribution in [1.29, 1.82) is 0 Å². The molecule has 0 aliphatic rings. The van der Waals surface area contributed by atoms with Crippen molar-refractivity contribution >= 4 is 32.9 Å². The molecule has 0 amide bonds. The number of aromatic carboxylic acids is 1. The van der Waals surface area contributed by atoms with Gasteiger partial charge in [0.05, 0.1) is 5.56 Å². The molecule has 0 unspecified atom stereocenters. The highest BCUT2D eigenvalue weighted by Gasteiger charge is 2.08. The fraction of sp³-hybridized carbons (Fsp3) is 0. The highest BCUT2D eigenvalue weighted by molar-refractivity contribution is 9.10. The second-order valence-electron chi connectivity index (χ2n) is 4.13. The number of nitrogens with zero attached hydrogens (tertiary/aromatic N) is 1. The summed E-state index contributed by atoms with van der Waals surface area (Å²) in [5.74, 6) is -0.921. The van der Waals surface area contributed by atoms with Crippen LogP contribution < -0.4 is 0 Å². The molecule has 3 rings (SSSR count). The van der Waals surface area contributed by atoms with Gasteiger partial charge in [-0.2, -0.15) is 0 Å². The summed E-state index contributed by atoms with van der Waals surface area (Å²) in [5.41, 5.74) is 3.04. The quantitative estimate of drug-likeness (QED) is 0.757. The molecule has 0 aliphatic heterocycles. The molecule has 0 saturated heterocycles. The highest BCUT2D eigenvalue weighted by atomic mass is 79.9. The number of fused-ring (bicyclic) bond motifs is 1. The first kappa shape index (κ1) is 11.9. The van der Waals surface area contributed by atoms with E-state index in [0.717, 1.165) is 26.6 Å². The highest BCUT2D eigenvalue weighted by Crippen LogP contribution is 2.29. The number of aromatic amines is 1. The molecule has 2 aromatic heterocycles. The molecule has 0 atom stereocenters. The summed E-state index contributed by atoms with van der Waals surface area (Å²) >= 11 is 3.40. The van der Waals surface area contributed by atoms with Gasteiger partial charge in [0.25, 0.3) is 0 Å². The molecular weight excluding hydrogens is 308 g/mol. The Morgan fingerprint density at radius 1 is 1.26 bits per heavy atom. The third kappa shape index (κ3) is 2.13. The van der Waals surface area contributed by atoms with Crippen LogP contribution in [0.5, 0.6) is 0 Å². The van der Waals surface area contributed by atoms with Crippen molar-refractivity contribution in [2.45, 2.75) is 0 Å². The molecule has 0 radical (unpaired) electrons. The van der Waals surface area contributed by atoms with Gasteiger partial charge < -0.3 is 10.1 Å². The Bertz CT molecular complexity index is 763. The van der Waals surface area contributed by atoms with Crippen LogP contribution in [0.3, 0.4) is 0 Å². The van der Waals surface area contributed by atoms with Crippen LogP contribution in [0.2, 0.25) is 0 Å². The van der Waals surface area contributed by atoms with E-state index in [4.69, 9.17) is 5.11 Å². The molecule has 4 nitrogen and oxygen atoms in total. The van der Waals surface area contributed by atoms with Gasteiger partial charge in [-0.3, -0.25) is 0 Å². The van der Waals surface area contributed by atoms with Crippen molar-refractivity contribution in [3.8, 4) is 11.1 Å². The first-order valence-electron chi connectivity index (χ1n) is 5.61. The predicted molar refractivity (Wildman–Crippen MR) is 76.2 cm³/mol. The standard InChI is InChI=1S/C14H9BrN2O2/c15-10-5-11-12(7-17-13(11)16-6-10)8-1-3-9(4-2-8)14(18)19/h1-7H,(H,16,17)(H,18,19). The van der Waals surface area contributed by atoms with Crippen LogP contribution in [-0.2, 0) is 0 Å². The topological polar surface area (TPSA) is 66.0 Å². The fourth-order valence-electron chi connectivity index (χ4n) is 2.01. The largest absolute Gasteiger partial charge is 0.478 e.